The minimum absolute atomic E-state index is 0.548. The number of benzene rings is 2. The van der Waals surface area contributed by atoms with Gasteiger partial charge in [-0.2, -0.15) is 0 Å². The molecule has 3 aromatic rings. The second kappa shape index (κ2) is 8.47. The number of hydrogen-bond acceptors (Lipinski definition) is 3. The molecule has 0 unspecified atom stereocenters. The molecule has 0 aliphatic carbocycles. The molecule has 3 rings (SSSR count). The number of thioether (sulfide) groups is 1. The summed E-state index contributed by atoms with van der Waals surface area (Å²) in [5.74, 6) is 2.17. The molecule has 0 aliphatic heterocycles. The quantitative estimate of drug-likeness (QED) is 0.428. The van der Waals surface area contributed by atoms with Gasteiger partial charge in [-0.05, 0) is 42.2 Å². The molecular weight excluding hydrogens is 385 g/mol. The smallest absolute Gasteiger partial charge is 0.191 e. The van der Waals surface area contributed by atoms with Crippen LogP contribution in [-0.4, -0.2) is 14.8 Å². The lowest BCUT2D eigenvalue weighted by Crippen LogP contribution is -2.00. The predicted molar refractivity (Wildman–Crippen MR) is 111 cm³/mol. The molecule has 0 atom stereocenters. The summed E-state index contributed by atoms with van der Waals surface area (Å²) in [4.78, 5) is 0. The van der Waals surface area contributed by atoms with E-state index in [-0.39, 0.29) is 0 Å². The zero-order valence-electron chi connectivity index (χ0n) is 15.0. The molecule has 0 N–H and O–H groups in total. The molecule has 6 heteroatoms. The molecule has 0 amide bonds. The summed E-state index contributed by atoms with van der Waals surface area (Å²) >= 11 is 14.0. The SMILES string of the molecule is CCn1c(SCc2ccc(C(C)C)cc2)nnc1-c1ccc(Cl)cc1Cl. The number of hydrogen-bond donors (Lipinski definition) is 0. The maximum atomic E-state index is 6.34. The van der Waals surface area contributed by atoms with Crippen molar-refractivity contribution in [3.8, 4) is 11.4 Å². The van der Waals surface area contributed by atoms with Crippen molar-refractivity contribution in [2.24, 2.45) is 0 Å². The van der Waals surface area contributed by atoms with Gasteiger partial charge in [0.2, 0.25) is 0 Å². The summed E-state index contributed by atoms with van der Waals surface area (Å²) in [5, 5.41) is 10.8. The second-order valence-corrected chi connectivity index (χ2v) is 8.15. The van der Waals surface area contributed by atoms with Crippen LogP contribution < -0.4 is 0 Å². The van der Waals surface area contributed by atoms with E-state index in [1.54, 1.807) is 17.8 Å². The Morgan fingerprint density at radius 3 is 2.38 bits per heavy atom. The van der Waals surface area contributed by atoms with Crippen molar-refractivity contribution >= 4 is 35.0 Å². The first-order valence-corrected chi connectivity index (χ1v) is 10.3. The van der Waals surface area contributed by atoms with Crippen LogP contribution in [0, 0.1) is 0 Å². The van der Waals surface area contributed by atoms with Crippen LogP contribution in [-0.2, 0) is 12.3 Å². The highest BCUT2D eigenvalue weighted by molar-refractivity contribution is 7.98. The van der Waals surface area contributed by atoms with Crippen molar-refractivity contribution in [2.75, 3.05) is 0 Å². The molecule has 3 nitrogen and oxygen atoms in total. The molecule has 26 heavy (non-hydrogen) atoms. The molecule has 1 heterocycles. The van der Waals surface area contributed by atoms with E-state index in [0.717, 1.165) is 28.8 Å². The monoisotopic (exact) mass is 405 g/mol. The fraction of sp³-hybridized carbons (Fsp3) is 0.300. The Labute approximate surface area is 168 Å². The maximum absolute atomic E-state index is 6.34. The van der Waals surface area contributed by atoms with Crippen molar-refractivity contribution in [2.45, 2.75) is 44.1 Å². The summed E-state index contributed by atoms with van der Waals surface area (Å²) in [6.45, 7) is 7.27. The van der Waals surface area contributed by atoms with Gasteiger partial charge in [0.15, 0.2) is 11.0 Å². The lowest BCUT2D eigenvalue weighted by Gasteiger charge is -2.09. The molecule has 1 aromatic heterocycles. The summed E-state index contributed by atoms with van der Waals surface area (Å²) < 4.78 is 2.09. The highest BCUT2D eigenvalue weighted by atomic mass is 35.5. The van der Waals surface area contributed by atoms with Gasteiger partial charge in [-0.1, -0.05) is 73.1 Å². The predicted octanol–water partition coefficient (Wildman–Crippen LogP) is 6.69. The molecule has 0 saturated heterocycles. The summed E-state index contributed by atoms with van der Waals surface area (Å²) in [7, 11) is 0. The van der Waals surface area contributed by atoms with Crippen molar-refractivity contribution in [1.29, 1.82) is 0 Å². The molecule has 2 aromatic carbocycles. The number of nitrogens with zero attached hydrogens (tertiary/aromatic N) is 3. The molecule has 0 radical (unpaired) electrons. The Bertz CT molecular complexity index is 889. The van der Waals surface area contributed by atoms with Crippen LogP contribution in [0.25, 0.3) is 11.4 Å². The largest absolute Gasteiger partial charge is 0.302 e. The minimum Gasteiger partial charge on any atom is -0.302 e. The fourth-order valence-corrected chi connectivity index (χ4v) is 4.15. The van der Waals surface area contributed by atoms with Gasteiger partial charge in [0.05, 0.1) is 5.02 Å². The number of rotatable bonds is 6. The van der Waals surface area contributed by atoms with Gasteiger partial charge in [0, 0.05) is 22.9 Å². The molecular formula is C20H21Cl2N3S. The molecule has 0 fully saturated rings. The third kappa shape index (κ3) is 4.25. The Morgan fingerprint density at radius 2 is 1.77 bits per heavy atom. The Morgan fingerprint density at radius 1 is 1.04 bits per heavy atom. The lowest BCUT2D eigenvalue weighted by molar-refractivity contribution is 0.687. The Kier molecular flexibility index (Phi) is 6.28. The lowest BCUT2D eigenvalue weighted by atomic mass is 10.0. The zero-order valence-corrected chi connectivity index (χ0v) is 17.4. The van der Waals surface area contributed by atoms with Crippen LogP contribution in [0.2, 0.25) is 10.0 Å². The van der Waals surface area contributed by atoms with E-state index in [9.17, 15) is 0 Å². The van der Waals surface area contributed by atoms with Gasteiger partial charge in [0.25, 0.3) is 0 Å². The minimum atomic E-state index is 0.548. The van der Waals surface area contributed by atoms with Crippen molar-refractivity contribution < 1.29 is 0 Å². The standard InChI is InChI=1S/C20H21Cl2N3S/c1-4-25-19(17-10-9-16(21)11-18(17)22)23-24-20(25)26-12-14-5-7-15(8-6-14)13(2)3/h5-11,13H,4,12H2,1-3H3. The first kappa shape index (κ1) is 19.3. The maximum Gasteiger partial charge on any atom is 0.191 e. The van der Waals surface area contributed by atoms with Gasteiger partial charge in [-0.25, -0.2) is 0 Å². The van der Waals surface area contributed by atoms with E-state index in [4.69, 9.17) is 23.2 Å². The van der Waals surface area contributed by atoms with E-state index in [0.29, 0.717) is 16.0 Å². The van der Waals surface area contributed by atoms with Crippen molar-refractivity contribution in [3.05, 3.63) is 63.6 Å². The summed E-state index contributed by atoms with van der Waals surface area (Å²) in [6.07, 6.45) is 0. The van der Waals surface area contributed by atoms with E-state index < -0.39 is 0 Å². The number of aromatic nitrogens is 3. The molecule has 0 spiro atoms. The molecule has 136 valence electrons. The van der Waals surface area contributed by atoms with Crippen LogP contribution in [0.5, 0.6) is 0 Å². The number of halogens is 2. The van der Waals surface area contributed by atoms with Gasteiger partial charge in [-0.15, -0.1) is 10.2 Å². The van der Waals surface area contributed by atoms with E-state index >= 15 is 0 Å². The average molecular weight is 406 g/mol. The van der Waals surface area contributed by atoms with Crippen LogP contribution in [0.4, 0.5) is 0 Å². The third-order valence-electron chi connectivity index (χ3n) is 4.22. The van der Waals surface area contributed by atoms with E-state index in [1.807, 2.05) is 12.1 Å². The molecule has 0 bridgehead atoms. The molecule has 0 aliphatic rings. The van der Waals surface area contributed by atoms with Crippen LogP contribution >= 0.6 is 35.0 Å². The van der Waals surface area contributed by atoms with Gasteiger partial charge < -0.3 is 4.57 Å². The van der Waals surface area contributed by atoms with E-state index in [2.05, 4.69) is 59.8 Å². The fourth-order valence-electron chi connectivity index (χ4n) is 2.70. The highest BCUT2D eigenvalue weighted by Crippen LogP contribution is 2.32. The van der Waals surface area contributed by atoms with Gasteiger partial charge >= 0.3 is 0 Å². The normalized spacial score (nSPS) is 11.3. The average Bonchev–Trinajstić information content (AvgIpc) is 3.03. The Hall–Kier alpha value is -1.49. The Balaban J connectivity index is 1.80. The van der Waals surface area contributed by atoms with Crippen molar-refractivity contribution in [3.63, 3.8) is 0 Å². The van der Waals surface area contributed by atoms with Crippen LogP contribution in [0.3, 0.4) is 0 Å². The van der Waals surface area contributed by atoms with Crippen molar-refractivity contribution in [1.82, 2.24) is 14.8 Å². The van der Waals surface area contributed by atoms with Crippen LogP contribution in [0.15, 0.2) is 47.6 Å². The zero-order chi connectivity index (χ0) is 18.7. The van der Waals surface area contributed by atoms with E-state index in [1.165, 1.54) is 11.1 Å². The summed E-state index contributed by atoms with van der Waals surface area (Å²) in [6, 6.07) is 14.2. The highest BCUT2D eigenvalue weighted by Gasteiger charge is 2.16. The third-order valence-corrected chi connectivity index (χ3v) is 5.81. The summed E-state index contributed by atoms with van der Waals surface area (Å²) in [5.41, 5.74) is 3.48. The second-order valence-electron chi connectivity index (χ2n) is 6.36. The molecule has 0 saturated carbocycles. The van der Waals surface area contributed by atoms with Gasteiger partial charge in [-0.3, -0.25) is 0 Å². The first-order valence-electron chi connectivity index (χ1n) is 8.59. The van der Waals surface area contributed by atoms with Gasteiger partial charge in [0.1, 0.15) is 0 Å². The van der Waals surface area contributed by atoms with Crippen LogP contribution in [0.1, 0.15) is 37.8 Å². The topological polar surface area (TPSA) is 30.7 Å². The first-order chi connectivity index (χ1) is 12.5.